The van der Waals surface area contributed by atoms with Crippen LogP contribution in [0, 0.1) is 0 Å². The van der Waals surface area contributed by atoms with Crippen molar-refractivity contribution in [3.8, 4) is 0 Å². The third kappa shape index (κ3) is 5.62. The molecule has 1 aliphatic heterocycles. The van der Waals surface area contributed by atoms with Crippen molar-refractivity contribution in [3.63, 3.8) is 0 Å². The Kier molecular flexibility index (Phi) is 6.54. The van der Waals surface area contributed by atoms with Crippen LogP contribution < -0.4 is 0 Å². The fourth-order valence-corrected chi connectivity index (χ4v) is 3.23. The van der Waals surface area contributed by atoms with Crippen molar-refractivity contribution in [3.05, 3.63) is 66.0 Å². The smallest absolute Gasteiger partial charge is 0.242 e. The molecule has 2 amide bonds. The quantitative estimate of drug-likeness (QED) is 0.782. The van der Waals surface area contributed by atoms with Crippen LogP contribution in [0.2, 0.25) is 0 Å². The minimum absolute atomic E-state index is 0.000456. The Labute approximate surface area is 160 Å². The average Bonchev–Trinajstić information content (AvgIpc) is 2.69. The first-order chi connectivity index (χ1) is 13.1. The van der Waals surface area contributed by atoms with E-state index in [1.807, 2.05) is 41.3 Å². The molecule has 0 atom stereocenters. The summed E-state index contributed by atoms with van der Waals surface area (Å²) in [6.07, 6.45) is 1.70. The van der Waals surface area contributed by atoms with Gasteiger partial charge in [0.05, 0.1) is 12.2 Å². The number of rotatable bonds is 6. The maximum Gasteiger partial charge on any atom is 0.242 e. The van der Waals surface area contributed by atoms with E-state index in [-0.39, 0.29) is 18.4 Å². The van der Waals surface area contributed by atoms with Crippen LogP contribution in [-0.4, -0.2) is 64.2 Å². The van der Waals surface area contributed by atoms with Gasteiger partial charge in [0.25, 0.3) is 0 Å². The van der Waals surface area contributed by atoms with Gasteiger partial charge in [0.1, 0.15) is 6.54 Å². The van der Waals surface area contributed by atoms with Crippen LogP contribution in [0.15, 0.2) is 54.7 Å². The Hall–Kier alpha value is -2.73. The Morgan fingerprint density at radius 3 is 2.33 bits per heavy atom. The second-order valence-electron chi connectivity index (χ2n) is 6.84. The number of pyridine rings is 1. The van der Waals surface area contributed by atoms with Crippen LogP contribution in [0.4, 0.5) is 0 Å². The molecule has 3 rings (SSSR count). The van der Waals surface area contributed by atoms with E-state index in [1.165, 1.54) is 12.5 Å². The fraction of sp³-hybridized carbons (Fsp3) is 0.381. The number of benzene rings is 1. The van der Waals surface area contributed by atoms with E-state index in [1.54, 1.807) is 11.1 Å². The maximum absolute atomic E-state index is 12.7. The molecule has 1 aliphatic rings. The molecular weight excluding hydrogens is 340 g/mol. The zero-order valence-corrected chi connectivity index (χ0v) is 15.8. The van der Waals surface area contributed by atoms with Crippen molar-refractivity contribution in [2.24, 2.45) is 0 Å². The van der Waals surface area contributed by atoms with Gasteiger partial charge in [-0.25, -0.2) is 0 Å². The second kappa shape index (κ2) is 9.28. The molecule has 0 aliphatic carbocycles. The topological polar surface area (TPSA) is 56.8 Å². The first-order valence-corrected chi connectivity index (χ1v) is 9.31. The van der Waals surface area contributed by atoms with Gasteiger partial charge in [0.15, 0.2) is 0 Å². The highest BCUT2D eigenvalue weighted by atomic mass is 16.2. The molecule has 1 saturated heterocycles. The van der Waals surface area contributed by atoms with Crippen LogP contribution in [0.25, 0.3) is 0 Å². The second-order valence-corrected chi connectivity index (χ2v) is 6.84. The fourth-order valence-electron chi connectivity index (χ4n) is 3.23. The summed E-state index contributed by atoms with van der Waals surface area (Å²) >= 11 is 0. The summed E-state index contributed by atoms with van der Waals surface area (Å²) in [6, 6.07) is 15.9. The Morgan fingerprint density at radius 1 is 1.00 bits per heavy atom. The predicted molar refractivity (Wildman–Crippen MR) is 104 cm³/mol. The van der Waals surface area contributed by atoms with Gasteiger partial charge in [0, 0.05) is 45.8 Å². The van der Waals surface area contributed by atoms with Crippen molar-refractivity contribution < 1.29 is 9.59 Å². The molecule has 0 bridgehead atoms. The van der Waals surface area contributed by atoms with Gasteiger partial charge in [-0.05, 0) is 17.7 Å². The molecule has 2 aromatic rings. The molecule has 142 valence electrons. The van der Waals surface area contributed by atoms with Gasteiger partial charge in [0.2, 0.25) is 11.8 Å². The molecule has 1 aromatic carbocycles. The first-order valence-electron chi connectivity index (χ1n) is 9.31. The molecule has 1 fully saturated rings. The molecule has 27 heavy (non-hydrogen) atoms. The van der Waals surface area contributed by atoms with Crippen molar-refractivity contribution in [1.29, 1.82) is 0 Å². The first kappa shape index (κ1) is 19.0. The average molecular weight is 366 g/mol. The zero-order valence-electron chi connectivity index (χ0n) is 15.8. The van der Waals surface area contributed by atoms with Crippen LogP contribution in [-0.2, 0) is 22.7 Å². The number of hydrogen-bond acceptors (Lipinski definition) is 4. The third-order valence-corrected chi connectivity index (χ3v) is 4.82. The van der Waals surface area contributed by atoms with Crippen molar-refractivity contribution in [2.75, 3.05) is 32.7 Å². The van der Waals surface area contributed by atoms with Crippen LogP contribution in [0.1, 0.15) is 18.2 Å². The zero-order chi connectivity index (χ0) is 19.1. The van der Waals surface area contributed by atoms with Crippen LogP contribution >= 0.6 is 0 Å². The summed E-state index contributed by atoms with van der Waals surface area (Å²) in [5.74, 6) is -0.114. The minimum Gasteiger partial charge on any atom is -0.339 e. The Bertz CT molecular complexity index is 743. The molecule has 6 heteroatoms. The van der Waals surface area contributed by atoms with E-state index in [0.717, 1.165) is 25.3 Å². The third-order valence-electron chi connectivity index (χ3n) is 4.82. The summed E-state index contributed by atoms with van der Waals surface area (Å²) in [5.41, 5.74) is 2.07. The standard InChI is InChI=1S/C21H26N4O2/c1-18(26)25(16-20-9-5-6-10-22-20)17-21(27)24-13-11-23(12-14-24)15-19-7-3-2-4-8-19/h2-10H,11-17H2,1H3. The molecular formula is C21H26N4O2. The Morgan fingerprint density at radius 2 is 1.70 bits per heavy atom. The van der Waals surface area contributed by atoms with Gasteiger partial charge < -0.3 is 9.80 Å². The summed E-state index contributed by atoms with van der Waals surface area (Å²) < 4.78 is 0. The lowest BCUT2D eigenvalue weighted by atomic mass is 10.2. The predicted octanol–water partition coefficient (Wildman–Crippen LogP) is 1.77. The van der Waals surface area contributed by atoms with Gasteiger partial charge >= 0.3 is 0 Å². The summed E-state index contributed by atoms with van der Waals surface area (Å²) in [7, 11) is 0. The summed E-state index contributed by atoms with van der Waals surface area (Å²) in [5, 5.41) is 0. The molecule has 0 saturated carbocycles. The highest BCUT2D eigenvalue weighted by Gasteiger charge is 2.23. The molecule has 0 unspecified atom stereocenters. The minimum atomic E-state index is -0.114. The molecule has 2 heterocycles. The summed E-state index contributed by atoms with van der Waals surface area (Å²) in [6.45, 7) is 5.94. The van der Waals surface area contributed by atoms with Gasteiger partial charge in [-0.3, -0.25) is 19.5 Å². The SMILES string of the molecule is CC(=O)N(CC(=O)N1CCN(Cc2ccccc2)CC1)Cc1ccccn1. The number of piperazine rings is 1. The highest BCUT2D eigenvalue weighted by molar-refractivity contribution is 5.83. The number of hydrogen-bond donors (Lipinski definition) is 0. The molecule has 0 N–H and O–H groups in total. The van der Waals surface area contributed by atoms with Crippen molar-refractivity contribution in [2.45, 2.75) is 20.0 Å². The molecule has 1 aromatic heterocycles. The van der Waals surface area contributed by atoms with Gasteiger partial charge in [-0.1, -0.05) is 36.4 Å². The number of nitrogens with zero attached hydrogens (tertiary/aromatic N) is 4. The normalized spacial score (nSPS) is 14.8. The van der Waals surface area contributed by atoms with E-state index in [9.17, 15) is 9.59 Å². The lowest BCUT2D eigenvalue weighted by Crippen LogP contribution is -2.51. The lowest BCUT2D eigenvalue weighted by molar-refractivity contribution is -0.141. The van der Waals surface area contributed by atoms with E-state index in [4.69, 9.17) is 0 Å². The van der Waals surface area contributed by atoms with Crippen molar-refractivity contribution in [1.82, 2.24) is 19.7 Å². The number of carbonyl (C=O) groups is 2. The van der Waals surface area contributed by atoms with Gasteiger partial charge in [-0.15, -0.1) is 0 Å². The molecule has 0 spiro atoms. The highest BCUT2D eigenvalue weighted by Crippen LogP contribution is 2.10. The Balaban J connectivity index is 1.49. The number of amides is 2. The maximum atomic E-state index is 12.7. The van der Waals surface area contributed by atoms with E-state index in [2.05, 4.69) is 22.0 Å². The molecule has 0 radical (unpaired) electrons. The van der Waals surface area contributed by atoms with Gasteiger partial charge in [-0.2, -0.15) is 0 Å². The number of aromatic nitrogens is 1. The lowest BCUT2D eigenvalue weighted by Gasteiger charge is -2.35. The molecule has 6 nitrogen and oxygen atoms in total. The van der Waals surface area contributed by atoms with E-state index < -0.39 is 0 Å². The monoisotopic (exact) mass is 366 g/mol. The van der Waals surface area contributed by atoms with Crippen molar-refractivity contribution >= 4 is 11.8 Å². The largest absolute Gasteiger partial charge is 0.339 e. The van der Waals surface area contributed by atoms with Crippen LogP contribution in [0.3, 0.4) is 0 Å². The van der Waals surface area contributed by atoms with Crippen LogP contribution in [0.5, 0.6) is 0 Å². The number of carbonyl (C=O) groups excluding carboxylic acids is 2. The summed E-state index contributed by atoms with van der Waals surface area (Å²) in [4.78, 5) is 34.6. The van der Waals surface area contributed by atoms with E-state index in [0.29, 0.717) is 19.6 Å². The van der Waals surface area contributed by atoms with E-state index >= 15 is 0 Å².